The van der Waals surface area contributed by atoms with Crippen LogP contribution in [0.4, 0.5) is 5.95 Å². The molecule has 1 fully saturated rings. The van der Waals surface area contributed by atoms with Crippen molar-refractivity contribution < 1.29 is 4.74 Å². The number of rotatable bonds is 4. The fourth-order valence-corrected chi connectivity index (χ4v) is 2.29. The van der Waals surface area contributed by atoms with Gasteiger partial charge in [0, 0.05) is 18.6 Å². The van der Waals surface area contributed by atoms with E-state index in [9.17, 15) is 0 Å². The Morgan fingerprint density at radius 1 is 1.37 bits per heavy atom. The van der Waals surface area contributed by atoms with E-state index < -0.39 is 0 Å². The summed E-state index contributed by atoms with van der Waals surface area (Å²) in [6.07, 6.45) is 1.08. The van der Waals surface area contributed by atoms with Crippen LogP contribution in [-0.2, 0) is 4.74 Å². The van der Waals surface area contributed by atoms with Crippen molar-refractivity contribution in [2.24, 2.45) is 5.92 Å². The maximum atomic E-state index is 5.41. The summed E-state index contributed by atoms with van der Waals surface area (Å²) >= 11 is 0. The van der Waals surface area contributed by atoms with Gasteiger partial charge in [-0.25, -0.2) is 0 Å². The van der Waals surface area contributed by atoms with Gasteiger partial charge in [0.2, 0.25) is 5.95 Å². The normalized spacial score (nSPS) is 20.4. The molecular formula is C13H17N5O. The van der Waals surface area contributed by atoms with Crippen LogP contribution in [0, 0.1) is 5.92 Å². The van der Waals surface area contributed by atoms with Gasteiger partial charge in [-0.05, 0) is 35.9 Å². The Hall–Kier alpha value is -1.95. The van der Waals surface area contributed by atoms with E-state index in [0.29, 0.717) is 11.9 Å². The highest BCUT2D eigenvalue weighted by molar-refractivity contribution is 5.38. The number of hydrogen-bond acceptors (Lipinski definition) is 5. The Balaban J connectivity index is 1.77. The van der Waals surface area contributed by atoms with Crippen LogP contribution in [0.15, 0.2) is 30.3 Å². The maximum absolute atomic E-state index is 5.41. The van der Waals surface area contributed by atoms with Gasteiger partial charge in [0.1, 0.15) is 0 Å². The van der Waals surface area contributed by atoms with Gasteiger partial charge in [-0.2, -0.15) is 4.68 Å². The van der Waals surface area contributed by atoms with Crippen LogP contribution in [0.5, 0.6) is 0 Å². The number of hydrogen-bond donors (Lipinski definition) is 1. The second-order valence-electron chi connectivity index (χ2n) is 4.81. The quantitative estimate of drug-likeness (QED) is 0.901. The second kappa shape index (κ2) is 5.36. The molecule has 6 heteroatoms. The van der Waals surface area contributed by atoms with Crippen LogP contribution in [0.3, 0.4) is 0 Å². The molecule has 1 aromatic heterocycles. The summed E-state index contributed by atoms with van der Waals surface area (Å²) in [6.45, 7) is 3.80. The molecule has 1 aliphatic heterocycles. The van der Waals surface area contributed by atoms with Gasteiger partial charge >= 0.3 is 0 Å². The third-order valence-corrected chi connectivity index (χ3v) is 3.50. The topological polar surface area (TPSA) is 64.9 Å². The first-order chi connectivity index (χ1) is 9.34. The molecule has 1 aliphatic rings. The van der Waals surface area contributed by atoms with E-state index in [1.54, 1.807) is 4.68 Å². The van der Waals surface area contributed by atoms with Gasteiger partial charge in [0.05, 0.1) is 12.3 Å². The molecule has 1 N–H and O–H groups in total. The number of benzene rings is 1. The average molecular weight is 259 g/mol. The molecule has 2 atom stereocenters. The highest BCUT2D eigenvalue weighted by Crippen LogP contribution is 2.20. The minimum absolute atomic E-state index is 0.288. The number of para-hydroxylation sites is 1. The Morgan fingerprint density at radius 2 is 2.21 bits per heavy atom. The van der Waals surface area contributed by atoms with Gasteiger partial charge < -0.3 is 10.1 Å². The molecule has 1 saturated heterocycles. The molecule has 0 aliphatic carbocycles. The predicted octanol–water partition coefficient (Wildman–Crippen LogP) is 1.50. The first-order valence-electron chi connectivity index (χ1n) is 6.52. The highest BCUT2D eigenvalue weighted by atomic mass is 16.5. The summed E-state index contributed by atoms with van der Waals surface area (Å²) in [5, 5.41) is 15.2. The average Bonchev–Trinajstić information content (AvgIpc) is 3.11. The molecule has 6 nitrogen and oxygen atoms in total. The van der Waals surface area contributed by atoms with Crippen molar-refractivity contribution in [3.8, 4) is 5.69 Å². The smallest absolute Gasteiger partial charge is 0.247 e. The molecule has 2 aromatic rings. The van der Waals surface area contributed by atoms with Crippen LogP contribution in [0.25, 0.3) is 5.69 Å². The van der Waals surface area contributed by atoms with Crippen LogP contribution < -0.4 is 5.32 Å². The SMILES string of the molecule is CC(Nc1nnnn1-c1ccccc1)C1CCOC1. The zero-order valence-electron chi connectivity index (χ0n) is 10.9. The Labute approximate surface area is 111 Å². The van der Waals surface area contributed by atoms with Crippen molar-refractivity contribution in [3.63, 3.8) is 0 Å². The summed E-state index contributed by atoms with van der Waals surface area (Å²) < 4.78 is 7.13. The van der Waals surface area contributed by atoms with Crippen molar-refractivity contribution in [1.29, 1.82) is 0 Å². The number of aromatic nitrogens is 4. The minimum Gasteiger partial charge on any atom is -0.381 e. The first-order valence-corrected chi connectivity index (χ1v) is 6.52. The molecule has 0 spiro atoms. The Bertz CT molecular complexity index is 521. The van der Waals surface area contributed by atoms with Crippen molar-refractivity contribution >= 4 is 5.95 Å². The van der Waals surface area contributed by atoms with E-state index in [4.69, 9.17) is 4.74 Å². The lowest BCUT2D eigenvalue weighted by atomic mass is 10.0. The molecular weight excluding hydrogens is 242 g/mol. The van der Waals surface area contributed by atoms with E-state index in [-0.39, 0.29) is 6.04 Å². The van der Waals surface area contributed by atoms with Gasteiger partial charge in [0.15, 0.2) is 0 Å². The number of anilines is 1. The van der Waals surface area contributed by atoms with E-state index in [0.717, 1.165) is 25.3 Å². The number of ether oxygens (including phenoxy) is 1. The Morgan fingerprint density at radius 3 is 2.95 bits per heavy atom. The molecule has 3 rings (SSSR count). The van der Waals surface area contributed by atoms with Crippen LogP contribution >= 0.6 is 0 Å². The minimum atomic E-state index is 0.288. The summed E-state index contributed by atoms with van der Waals surface area (Å²) in [4.78, 5) is 0. The van der Waals surface area contributed by atoms with Crippen molar-refractivity contribution in [1.82, 2.24) is 20.2 Å². The largest absolute Gasteiger partial charge is 0.381 e. The molecule has 0 radical (unpaired) electrons. The lowest BCUT2D eigenvalue weighted by Gasteiger charge is -2.19. The number of nitrogens with one attached hydrogen (secondary N) is 1. The van der Waals surface area contributed by atoms with Crippen LogP contribution in [-0.4, -0.2) is 39.5 Å². The first kappa shape index (κ1) is 12.1. The fraction of sp³-hybridized carbons (Fsp3) is 0.462. The Kier molecular flexibility index (Phi) is 3.41. The maximum Gasteiger partial charge on any atom is 0.247 e. The van der Waals surface area contributed by atoms with Crippen molar-refractivity contribution in [2.45, 2.75) is 19.4 Å². The summed E-state index contributed by atoms with van der Waals surface area (Å²) in [5.74, 6) is 1.19. The third kappa shape index (κ3) is 2.58. The van der Waals surface area contributed by atoms with E-state index in [2.05, 4.69) is 27.8 Å². The van der Waals surface area contributed by atoms with Crippen molar-refractivity contribution in [3.05, 3.63) is 30.3 Å². The fourth-order valence-electron chi connectivity index (χ4n) is 2.29. The lowest BCUT2D eigenvalue weighted by molar-refractivity contribution is 0.183. The molecule has 2 unspecified atom stereocenters. The zero-order chi connectivity index (χ0) is 13.1. The lowest BCUT2D eigenvalue weighted by Crippen LogP contribution is -2.27. The van der Waals surface area contributed by atoms with Crippen molar-refractivity contribution in [2.75, 3.05) is 18.5 Å². The molecule has 0 bridgehead atoms. The summed E-state index contributed by atoms with van der Waals surface area (Å²) in [5.41, 5.74) is 0.949. The molecule has 1 aromatic carbocycles. The standard InChI is InChI=1S/C13H17N5O/c1-10(11-7-8-19-9-11)14-13-15-16-17-18(13)12-5-3-2-4-6-12/h2-6,10-11H,7-9H2,1H3,(H,14,15,17). The monoisotopic (exact) mass is 259 g/mol. The van der Waals surface area contributed by atoms with Crippen LogP contribution in [0.1, 0.15) is 13.3 Å². The van der Waals surface area contributed by atoms with Gasteiger partial charge in [-0.1, -0.05) is 23.3 Å². The van der Waals surface area contributed by atoms with E-state index in [1.165, 1.54) is 0 Å². The number of nitrogens with zero attached hydrogens (tertiary/aromatic N) is 4. The van der Waals surface area contributed by atoms with Crippen LogP contribution in [0.2, 0.25) is 0 Å². The molecule has 100 valence electrons. The van der Waals surface area contributed by atoms with Gasteiger partial charge in [-0.3, -0.25) is 0 Å². The highest BCUT2D eigenvalue weighted by Gasteiger charge is 2.23. The molecule has 19 heavy (non-hydrogen) atoms. The second-order valence-corrected chi connectivity index (χ2v) is 4.81. The summed E-state index contributed by atoms with van der Waals surface area (Å²) in [7, 11) is 0. The summed E-state index contributed by atoms with van der Waals surface area (Å²) in [6, 6.07) is 10.1. The number of tetrazole rings is 1. The molecule has 0 amide bonds. The molecule has 0 saturated carbocycles. The van der Waals surface area contributed by atoms with Gasteiger partial charge in [-0.15, -0.1) is 0 Å². The molecule has 2 heterocycles. The zero-order valence-corrected chi connectivity index (χ0v) is 10.9. The third-order valence-electron chi connectivity index (χ3n) is 3.50. The van der Waals surface area contributed by atoms with Gasteiger partial charge in [0.25, 0.3) is 0 Å². The van der Waals surface area contributed by atoms with E-state index >= 15 is 0 Å². The predicted molar refractivity (Wildman–Crippen MR) is 71.2 cm³/mol. The van der Waals surface area contributed by atoms with E-state index in [1.807, 2.05) is 30.3 Å².